The van der Waals surface area contributed by atoms with Crippen LogP contribution in [0.2, 0.25) is 0 Å². The highest BCUT2D eigenvalue weighted by Crippen LogP contribution is 2.32. The zero-order chi connectivity index (χ0) is 18.5. The van der Waals surface area contributed by atoms with Gasteiger partial charge in [0.2, 0.25) is 5.91 Å². The maximum atomic E-state index is 12.1. The summed E-state index contributed by atoms with van der Waals surface area (Å²) in [6.45, 7) is 0.611. The zero-order valence-electron chi connectivity index (χ0n) is 14.5. The maximum absolute atomic E-state index is 12.1. The molecule has 3 rings (SSSR count). The van der Waals surface area contributed by atoms with E-state index in [0.717, 1.165) is 12.8 Å². The first-order valence-corrected chi connectivity index (χ1v) is 8.89. The molecule has 3 amide bonds. The summed E-state index contributed by atoms with van der Waals surface area (Å²) in [5, 5.41) is 2.19. The minimum absolute atomic E-state index is 0.185. The van der Waals surface area contributed by atoms with Gasteiger partial charge >= 0.3 is 5.97 Å². The number of nitrogens with zero attached hydrogens (tertiary/aromatic N) is 1. The lowest BCUT2D eigenvalue weighted by Gasteiger charge is -2.31. The summed E-state index contributed by atoms with van der Waals surface area (Å²) in [5.74, 6) is -1.58. The third kappa shape index (κ3) is 4.68. The Balaban J connectivity index is 1.38. The highest BCUT2D eigenvalue weighted by atomic mass is 16.5. The zero-order valence-corrected chi connectivity index (χ0v) is 14.5. The van der Waals surface area contributed by atoms with E-state index in [9.17, 15) is 19.2 Å². The molecule has 26 heavy (non-hydrogen) atoms. The Morgan fingerprint density at radius 1 is 0.962 bits per heavy atom. The first-order chi connectivity index (χ1) is 12.5. The van der Waals surface area contributed by atoms with E-state index < -0.39 is 24.4 Å². The number of nitrogens with one attached hydrogen (secondary N) is 1. The lowest BCUT2D eigenvalue weighted by molar-refractivity contribution is -0.154. The van der Waals surface area contributed by atoms with Gasteiger partial charge in [-0.3, -0.25) is 24.5 Å². The fourth-order valence-corrected chi connectivity index (χ4v) is 3.00. The summed E-state index contributed by atoms with van der Waals surface area (Å²) >= 11 is 0. The summed E-state index contributed by atoms with van der Waals surface area (Å²) in [5.41, 5.74) is 0.361. The molecule has 1 saturated heterocycles. The van der Waals surface area contributed by atoms with Crippen molar-refractivity contribution in [2.24, 2.45) is 11.8 Å². The lowest BCUT2D eigenvalue weighted by Crippen LogP contribution is -2.42. The van der Waals surface area contributed by atoms with Crippen LogP contribution >= 0.6 is 0 Å². The van der Waals surface area contributed by atoms with Gasteiger partial charge in [-0.15, -0.1) is 0 Å². The van der Waals surface area contributed by atoms with Crippen LogP contribution in [0.1, 0.15) is 36.0 Å². The largest absolute Gasteiger partial charge is 0.455 e. The van der Waals surface area contributed by atoms with Gasteiger partial charge in [0.25, 0.3) is 11.8 Å². The van der Waals surface area contributed by atoms with Crippen LogP contribution in [0.3, 0.4) is 0 Å². The first kappa shape index (κ1) is 18.1. The molecule has 1 saturated carbocycles. The number of carbonyl (C=O) groups excluding carboxylic acids is 4. The molecule has 138 valence electrons. The summed E-state index contributed by atoms with van der Waals surface area (Å²) in [4.78, 5) is 49.5. The van der Waals surface area contributed by atoms with Crippen molar-refractivity contribution in [1.82, 2.24) is 10.2 Å². The molecule has 0 unspecified atom stereocenters. The first-order valence-electron chi connectivity index (χ1n) is 8.89. The van der Waals surface area contributed by atoms with Crippen LogP contribution in [0.15, 0.2) is 30.3 Å². The van der Waals surface area contributed by atoms with Crippen LogP contribution in [-0.4, -0.2) is 48.3 Å². The number of rotatable bonds is 5. The number of piperidine rings is 1. The smallest absolute Gasteiger partial charge is 0.309 e. The van der Waals surface area contributed by atoms with E-state index in [4.69, 9.17) is 4.74 Å². The predicted octanol–water partition coefficient (Wildman–Crippen LogP) is 1.13. The normalized spacial score (nSPS) is 17.5. The van der Waals surface area contributed by atoms with Crippen LogP contribution < -0.4 is 5.32 Å². The quantitative estimate of drug-likeness (QED) is 0.797. The van der Waals surface area contributed by atoms with Gasteiger partial charge in [0, 0.05) is 24.6 Å². The second-order valence-corrected chi connectivity index (χ2v) is 6.72. The van der Waals surface area contributed by atoms with Crippen molar-refractivity contribution >= 4 is 23.7 Å². The van der Waals surface area contributed by atoms with Gasteiger partial charge in [-0.05, 0) is 37.8 Å². The van der Waals surface area contributed by atoms with Crippen molar-refractivity contribution in [3.63, 3.8) is 0 Å². The Morgan fingerprint density at radius 2 is 1.62 bits per heavy atom. The lowest BCUT2D eigenvalue weighted by atomic mass is 9.97. The number of benzene rings is 1. The molecular weight excluding hydrogens is 336 g/mol. The van der Waals surface area contributed by atoms with Crippen molar-refractivity contribution in [2.45, 2.75) is 25.7 Å². The number of imide groups is 1. The minimum Gasteiger partial charge on any atom is -0.455 e. The van der Waals surface area contributed by atoms with Crippen molar-refractivity contribution in [3.8, 4) is 0 Å². The van der Waals surface area contributed by atoms with Crippen LogP contribution in [0.25, 0.3) is 0 Å². The number of likely N-dealkylation sites (tertiary alicyclic amines) is 1. The minimum atomic E-state index is -0.659. The highest BCUT2D eigenvalue weighted by Gasteiger charge is 2.36. The molecule has 0 bridgehead atoms. The molecule has 1 aliphatic carbocycles. The number of esters is 1. The Bertz CT molecular complexity index is 691. The van der Waals surface area contributed by atoms with Crippen LogP contribution in [0, 0.1) is 11.8 Å². The molecule has 1 aromatic carbocycles. The molecule has 7 nitrogen and oxygen atoms in total. The molecule has 7 heteroatoms. The number of ether oxygens (including phenoxy) is 1. The number of carbonyl (C=O) groups is 4. The van der Waals surface area contributed by atoms with E-state index in [1.165, 1.54) is 0 Å². The van der Waals surface area contributed by atoms with E-state index in [-0.39, 0.29) is 17.7 Å². The highest BCUT2D eigenvalue weighted by molar-refractivity contribution is 6.05. The van der Waals surface area contributed by atoms with Crippen molar-refractivity contribution in [3.05, 3.63) is 35.9 Å². The molecule has 0 spiro atoms. The Hall–Kier alpha value is -2.70. The fraction of sp³-hybridized carbons (Fsp3) is 0.474. The molecule has 0 atom stereocenters. The average Bonchev–Trinajstić information content (AvgIpc) is 3.51. The van der Waals surface area contributed by atoms with Crippen molar-refractivity contribution < 1.29 is 23.9 Å². The molecule has 1 heterocycles. The molecule has 1 N–H and O–H groups in total. The SMILES string of the molecule is O=C(COC(=O)C1CCN(C(=O)C2CC2)CC1)NC(=O)c1ccccc1. The molecule has 1 aromatic rings. The Morgan fingerprint density at radius 3 is 2.23 bits per heavy atom. The van der Waals surface area contributed by atoms with Crippen molar-refractivity contribution in [2.75, 3.05) is 19.7 Å². The van der Waals surface area contributed by atoms with E-state index in [0.29, 0.717) is 31.5 Å². The second kappa shape index (κ2) is 8.12. The maximum Gasteiger partial charge on any atom is 0.309 e. The van der Waals surface area contributed by atoms with Crippen LogP contribution in [-0.2, 0) is 19.1 Å². The summed E-state index contributed by atoms with van der Waals surface area (Å²) in [7, 11) is 0. The number of hydrogen-bond donors (Lipinski definition) is 1. The third-order valence-corrected chi connectivity index (χ3v) is 4.70. The standard InChI is InChI=1S/C19H22N2O5/c22-16(20-17(23)13-4-2-1-3-5-13)12-26-19(25)15-8-10-21(11-9-15)18(24)14-6-7-14/h1-5,14-15H,6-12H2,(H,20,22,23). The Kier molecular flexibility index (Phi) is 5.65. The van der Waals surface area contributed by atoms with Gasteiger partial charge in [-0.1, -0.05) is 18.2 Å². The summed E-state index contributed by atoms with van der Waals surface area (Å²) in [6.07, 6.45) is 3.03. The van der Waals surface area contributed by atoms with Gasteiger partial charge in [0.1, 0.15) is 0 Å². The topological polar surface area (TPSA) is 92.8 Å². The van der Waals surface area contributed by atoms with E-state index in [1.807, 2.05) is 4.90 Å². The van der Waals surface area contributed by atoms with Gasteiger partial charge in [-0.2, -0.15) is 0 Å². The molecule has 0 aromatic heterocycles. The van der Waals surface area contributed by atoms with Crippen molar-refractivity contribution in [1.29, 1.82) is 0 Å². The third-order valence-electron chi connectivity index (χ3n) is 4.70. The molecule has 2 aliphatic rings. The monoisotopic (exact) mass is 358 g/mol. The molecule has 2 fully saturated rings. The average molecular weight is 358 g/mol. The van der Waals surface area contributed by atoms with Gasteiger partial charge in [-0.25, -0.2) is 0 Å². The summed E-state index contributed by atoms with van der Waals surface area (Å²) < 4.78 is 5.03. The summed E-state index contributed by atoms with van der Waals surface area (Å²) in [6, 6.07) is 8.33. The van der Waals surface area contributed by atoms with E-state index in [2.05, 4.69) is 5.32 Å². The Labute approximate surface area is 151 Å². The molecular formula is C19H22N2O5. The van der Waals surface area contributed by atoms with Gasteiger partial charge in [0.15, 0.2) is 6.61 Å². The van der Waals surface area contributed by atoms with Crippen LogP contribution in [0.4, 0.5) is 0 Å². The fourth-order valence-electron chi connectivity index (χ4n) is 3.00. The molecule has 0 radical (unpaired) electrons. The second-order valence-electron chi connectivity index (χ2n) is 6.72. The predicted molar refractivity (Wildman–Crippen MR) is 91.9 cm³/mol. The number of amides is 3. The number of hydrogen-bond acceptors (Lipinski definition) is 5. The van der Waals surface area contributed by atoms with E-state index >= 15 is 0 Å². The molecule has 1 aliphatic heterocycles. The van der Waals surface area contributed by atoms with Gasteiger partial charge < -0.3 is 9.64 Å². The van der Waals surface area contributed by atoms with Crippen LogP contribution in [0.5, 0.6) is 0 Å². The van der Waals surface area contributed by atoms with E-state index in [1.54, 1.807) is 30.3 Å². The van der Waals surface area contributed by atoms with Gasteiger partial charge in [0.05, 0.1) is 5.92 Å².